The lowest BCUT2D eigenvalue weighted by Gasteiger charge is -2.09. The van der Waals surface area contributed by atoms with Gasteiger partial charge in [0, 0.05) is 12.1 Å². The van der Waals surface area contributed by atoms with Crippen LogP contribution < -0.4 is 9.47 Å². The van der Waals surface area contributed by atoms with Crippen LogP contribution in [0.1, 0.15) is 29.5 Å². The Morgan fingerprint density at radius 1 is 1.24 bits per heavy atom. The molecule has 0 aliphatic carbocycles. The van der Waals surface area contributed by atoms with Crippen LogP contribution in [0.3, 0.4) is 0 Å². The Kier molecular flexibility index (Phi) is 4.92. The largest absolute Gasteiger partial charge is 0.493 e. The zero-order valence-electron chi connectivity index (χ0n) is 12.5. The second kappa shape index (κ2) is 6.88. The van der Waals surface area contributed by atoms with Crippen LogP contribution in [0.25, 0.3) is 0 Å². The van der Waals surface area contributed by atoms with Crippen LogP contribution in [0.2, 0.25) is 0 Å². The van der Waals surface area contributed by atoms with Crippen LogP contribution in [0.15, 0.2) is 24.5 Å². The predicted molar refractivity (Wildman–Crippen MR) is 77.9 cm³/mol. The number of aromatic nitrogens is 3. The summed E-state index contributed by atoms with van der Waals surface area (Å²) in [6, 6.07) is 5.13. The number of ether oxygens (including phenoxy) is 2. The smallest absolute Gasteiger partial charge is 0.170 e. The second-order valence-corrected chi connectivity index (χ2v) is 4.57. The molecule has 0 aliphatic rings. The minimum Gasteiger partial charge on any atom is -0.493 e. The first-order chi connectivity index (χ1) is 10.2. The molecule has 0 radical (unpaired) electrons. The summed E-state index contributed by atoms with van der Waals surface area (Å²) in [4.78, 5) is 16.5. The fourth-order valence-electron chi connectivity index (χ4n) is 2.08. The van der Waals surface area contributed by atoms with E-state index in [2.05, 4.69) is 17.0 Å². The van der Waals surface area contributed by atoms with Gasteiger partial charge in [-0.05, 0) is 24.6 Å². The zero-order valence-corrected chi connectivity index (χ0v) is 12.5. The van der Waals surface area contributed by atoms with Gasteiger partial charge in [-0.1, -0.05) is 6.92 Å². The van der Waals surface area contributed by atoms with Crippen LogP contribution in [-0.4, -0.2) is 34.8 Å². The van der Waals surface area contributed by atoms with Gasteiger partial charge in [-0.25, -0.2) is 9.67 Å². The van der Waals surface area contributed by atoms with Crippen LogP contribution in [0.4, 0.5) is 0 Å². The minimum absolute atomic E-state index is 0.0266. The number of hydrogen-bond acceptors (Lipinski definition) is 5. The molecule has 6 heteroatoms. The zero-order chi connectivity index (χ0) is 15.2. The van der Waals surface area contributed by atoms with Crippen molar-refractivity contribution in [3.63, 3.8) is 0 Å². The molecule has 0 fully saturated rings. The van der Waals surface area contributed by atoms with Gasteiger partial charge in [0.05, 0.1) is 20.6 Å². The molecular weight excluding hydrogens is 270 g/mol. The van der Waals surface area contributed by atoms with E-state index in [0.29, 0.717) is 22.9 Å². The highest BCUT2D eigenvalue weighted by atomic mass is 16.5. The maximum absolute atomic E-state index is 12.4. The SMILES string of the molecule is CCCn1ncnc1CC(=O)c1ccc(OC)c(OC)c1. The Hall–Kier alpha value is -2.37. The van der Waals surface area contributed by atoms with Crippen molar-refractivity contribution in [2.24, 2.45) is 0 Å². The average molecular weight is 289 g/mol. The summed E-state index contributed by atoms with van der Waals surface area (Å²) in [6.45, 7) is 2.82. The number of ketones is 1. The van der Waals surface area contributed by atoms with Crippen LogP contribution in [0.5, 0.6) is 11.5 Å². The number of rotatable bonds is 7. The number of Topliss-reactive ketones (excluding diaryl/α,β-unsaturated/α-hetero) is 1. The highest BCUT2D eigenvalue weighted by Crippen LogP contribution is 2.27. The molecule has 0 unspecified atom stereocenters. The first-order valence-corrected chi connectivity index (χ1v) is 6.81. The maximum atomic E-state index is 12.4. The summed E-state index contributed by atoms with van der Waals surface area (Å²) in [5.74, 6) is 1.79. The lowest BCUT2D eigenvalue weighted by atomic mass is 10.1. The Bertz CT molecular complexity index is 622. The van der Waals surface area contributed by atoms with Gasteiger partial charge in [-0.15, -0.1) is 0 Å². The topological polar surface area (TPSA) is 66.2 Å². The van der Waals surface area contributed by atoms with Crippen molar-refractivity contribution in [2.45, 2.75) is 26.3 Å². The van der Waals surface area contributed by atoms with E-state index < -0.39 is 0 Å². The van der Waals surface area contributed by atoms with Gasteiger partial charge in [0.1, 0.15) is 12.2 Å². The van der Waals surface area contributed by atoms with Crippen LogP contribution >= 0.6 is 0 Å². The molecule has 0 amide bonds. The van der Waals surface area contributed by atoms with Gasteiger partial charge in [0.25, 0.3) is 0 Å². The van der Waals surface area contributed by atoms with Crippen LogP contribution in [0, 0.1) is 0 Å². The monoisotopic (exact) mass is 289 g/mol. The van der Waals surface area contributed by atoms with Gasteiger partial charge in [-0.3, -0.25) is 4.79 Å². The third-order valence-corrected chi connectivity index (χ3v) is 3.16. The number of methoxy groups -OCH3 is 2. The third-order valence-electron chi connectivity index (χ3n) is 3.16. The Labute approximate surface area is 123 Å². The number of nitrogens with zero attached hydrogens (tertiary/aromatic N) is 3. The second-order valence-electron chi connectivity index (χ2n) is 4.57. The van der Waals surface area contributed by atoms with Crippen molar-refractivity contribution in [1.29, 1.82) is 0 Å². The van der Waals surface area contributed by atoms with Crippen molar-refractivity contribution in [3.05, 3.63) is 35.9 Å². The molecule has 0 atom stereocenters. The van der Waals surface area contributed by atoms with Gasteiger partial charge < -0.3 is 9.47 Å². The van der Waals surface area contributed by atoms with Gasteiger partial charge in [0.2, 0.25) is 0 Å². The maximum Gasteiger partial charge on any atom is 0.170 e. The van der Waals surface area contributed by atoms with E-state index in [1.807, 2.05) is 0 Å². The highest BCUT2D eigenvalue weighted by molar-refractivity contribution is 5.97. The molecule has 2 rings (SSSR count). The lowest BCUT2D eigenvalue weighted by Crippen LogP contribution is -2.11. The molecule has 0 saturated heterocycles. The summed E-state index contributed by atoms with van der Waals surface area (Å²) < 4.78 is 12.1. The predicted octanol–water partition coefficient (Wildman–Crippen LogP) is 2.13. The Morgan fingerprint density at radius 3 is 2.67 bits per heavy atom. The van der Waals surface area contributed by atoms with Crippen molar-refractivity contribution in [3.8, 4) is 11.5 Å². The van der Waals surface area contributed by atoms with E-state index in [0.717, 1.165) is 13.0 Å². The molecular formula is C15H19N3O3. The first-order valence-electron chi connectivity index (χ1n) is 6.81. The summed E-state index contributed by atoms with van der Waals surface area (Å²) >= 11 is 0. The van der Waals surface area contributed by atoms with E-state index in [1.54, 1.807) is 37.1 Å². The number of carbonyl (C=O) groups is 1. The van der Waals surface area contributed by atoms with Crippen molar-refractivity contribution in [1.82, 2.24) is 14.8 Å². The Balaban J connectivity index is 2.18. The molecule has 6 nitrogen and oxygen atoms in total. The first kappa shape index (κ1) is 15.0. The lowest BCUT2D eigenvalue weighted by molar-refractivity contribution is 0.0989. The molecule has 1 heterocycles. The fraction of sp³-hybridized carbons (Fsp3) is 0.400. The van der Waals surface area contributed by atoms with Gasteiger partial charge in [0.15, 0.2) is 17.3 Å². The molecule has 21 heavy (non-hydrogen) atoms. The number of benzene rings is 1. The number of hydrogen-bond donors (Lipinski definition) is 0. The molecule has 0 spiro atoms. The van der Waals surface area contributed by atoms with Crippen LogP contribution in [-0.2, 0) is 13.0 Å². The van der Waals surface area contributed by atoms with Crippen molar-refractivity contribution < 1.29 is 14.3 Å². The average Bonchev–Trinajstić information content (AvgIpc) is 2.94. The summed E-state index contributed by atoms with van der Waals surface area (Å²) in [6.07, 6.45) is 2.64. The molecule has 2 aromatic rings. The molecule has 112 valence electrons. The minimum atomic E-state index is -0.0266. The molecule has 0 saturated carbocycles. The molecule has 1 aromatic heterocycles. The molecule has 0 aliphatic heterocycles. The van der Waals surface area contributed by atoms with Gasteiger partial charge >= 0.3 is 0 Å². The van der Waals surface area contributed by atoms with Gasteiger partial charge in [-0.2, -0.15) is 5.10 Å². The molecule has 0 bridgehead atoms. The quantitative estimate of drug-likeness (QED) is 0.730. The highest BCUT2D eigenvalue weighted by Gasteiger charge is 2.14. The summed E-state index contributed by atoms with van der Waals surface area (Å²) in [7, 11) is 3.11. The van der Waals surface area contributed by atoms with Crippen molar-refractivity contribution in [2.75, 3.05) is 14.2 Å². The van der Waals surface area contributed by atoms with Crippen molar-refractivity contribution >= 4 is 5.78 Å². The summed E-state index contributed by atoms with van der Waals surface area (Å²) in [5.41, 5.74) is 0.568. The molecule has 1 aromatic carbocycles. The van der Waals surface area contributed by atoms with E-state index in [9.17, 15) is 4.79 Å². The fourth-order valence-corrected chi connectivity index (χ4v) is 2.08. The third kappa shape index (κ3) is 3.39. The van der Waals surface area contributed by atoms with E-state index in [-0.39, 0.29) is 12.2 Å². The number of aryl methyl sites for hydroxylation is 1. The Morgan fingerprint density at radius 2 is 2.00 bits per heavy atom. The standard InChI is InChI=1S/C15H19N3O3/c1-4-7-18-15(16-10-17-18)9-12(19)11-5-6-13(20-2)14(8-11)21-3/h5-6,8,10H,4,7,9H2,1-3H3. The van der Waals surface area contributed by atoms with E-state index in [4.69, 9.17) is 9.47 Å². The normalized spacial score (nSPS) is 10.4. The number of carbonyl (C=O) groups excluding carboxylic acids is 1. The van der Waals surface area contributed by atoms with E-state index in [1.165, 1.54) is 6.33 Å². The summed E-state index contributed by atoms with van der Waals surface area (Å²) in [5, 5.41) is 4.12. The molecule has 0 N–H and O–H groups in total. The van der Waals surface area contributed by atoms with E-state index >= 15 is 0 Å².